The number of hydrogen-bond donors (Lipinski definition) is 1. The summed E-state index contributed by atoms with van der Waals surface area (Å²) in [6.07, 6.45) is 2.70. The molecule has 1 atom stereocenters. The van der Waals surface area contributed by atoms with Gasteiger partial charge in [-0.1, -0.05) is 0 Å². The van der Waals surface area contributed by atoms with Crippen LogP contribution in [0, 0.1) is 0 Å². The molecule has 3 nitrogen and oxygen atoms in total. The van der Waals surface area contributed by atoms with Gasteiger partial charge >= 0.3 is 5.97 Å². The second-order valence-electron chi connectivity index (χ2n) is 3.92. The summed E-state index contributed by atoms with van der Waals surface area (Å²) in [6.45, 7) is 5.94. The summed E-state index contributed by atoms with van der Waals surface area (Å²) in [7, 11) is -1.76. The van der Waals surface area contributed by atoms with Crippen LogP contribution in [0.1, 0.15) is 6.42 Å². The zero-order valence-corrected chi connectivity index (χ0v) is 10.6. The van der Waals surface area contributed by atoms with Crippen LogP contribution in [-0.2, 0) is 9.22 Å². The third kappa shape index (κ3) is 7.10. The van der Waals surface area contributed by atoms with E-state index in [1.165, 1.54) is 0 Å². The van der Waals surface area contributed by atoms with Crippen LogP contribution in [0.3, 0.4) is 0 Å². The van der Waals surface area contributed by atoms with Gasteiger partial charge in [0.1, 0.15) is 6.04 Å². The number of rotatable bonds is 5. The average molecular weight is 221 g/mol. The van der Waals surface area contributed by atoms with E-state index in [0.29, 0.717) is 6.42 Å². The first-order valence-electron chi connectivity index (χ1n) is 4.34. The van der Waals surface area contributed by atoms with Crippen LogP contribution in [0.15, 0.2) is 0 Å². The van der Waals surface area contributed by atoms with Gasteiger partial charge in [0.2, 0.25) is 8.32 Å². The molecular formula is C8H19NO2SSi. The summed E-state index contributed by atoms with van der Waals surface area (Å²) in [5, 5.41) is 0. The Morgan fingerprint density at radius 2 is 2.08 bits per heavy atom. The molecule has 0 aromatic rings. The Balaban J connectivity index is 3.83. The van der Waals surface area contributed by atoms with Crippen LogP contribution >= 0.6 is 11.8 Å². The van der Waals surface area contributed by atoms with Crippen molar-refractivity contribution in [3.8, 4) is 0 Å². The van der Waals surface area contributed by atoms with Gasteiger partial charge in [0.15, 0.2) is 0 Å². The van der Waals surface area contributed by atoms with Gasteiger partial charge < -0.3 is 10.2 Å². The minimum atomic E-state index is -1.76. The number of thioether (sulfide) groups is 1. The molecule has 0 aromatic carbocycles. The van der Waals surface area contributed by atoms with Crippen LogP contribution < -0.4 is 5.73 Å². The quantitative estimate of drug-likeness (QED) is 0.714. The highest BCUT2D eigenvalue weighted by molar-refractivity contribution is 7.98. The zero-order chi connectivity index (χ0) is 10.5. The topological polar surface area (TPSA) is 52.3 Å². The van der Waals surface area contributed by atoms with Gasteiger partial charge in [-0.05, 0) is 38.1 Å². The molecule has 2 N–H and O–H groups in total. The molecule has 13 heavy (non-hydrogen) atoms. The Morgan fingerprint density at radius 3 is 2.46 bits per heavy atom. The standard InChI is InChI=1S/C8H19NO2SSi/c1-12-6-5-7(9)8(10)11-13(2,3)4/h7H,5-6,9H2,1-4H3/t7-/m0/s1. The van der Waals surface area contributed by atoms with Crippen molar-refractivity contribution in [1.82, 2.24) is 0 Å². The predicted molar refractivity (Wildman–Crippen MR) is 60.4 cm³/mol. The van der Waals surface area contributed by atoms with Crippen molar-refractivity contribution in [3.05, 3.63) is 0 Å². The summed E-state index contributed by atoms with van der Waals surface area (Å²) in [4.78, 5) is 11.3. The first-order valence-corrected chi connectivity index (χ1v) is 9.14. The fraction of sp³-hybridized carbons (Fsp3) is 0.875. The van der Waals surface area contributed by atoms with Gasteiger partial charge in [0.25, 0.3) is 0 Å². The van der Waals surface area contributed by atoms with Gasteiger partial charge in [-0.25, -0.2) is 0 Å². The lowest BCUT2D eigenvalue weighted by molar-refractivity contribution is -0.136. The van der Waals surface area contributed by atoms with Gasteiger partial charge in [-0.2, -0.15) is 11.8 Å². The molecule has 0 amide bonds. The largest absolute Gasteiger partial charge is 0.519 e. The normalized spacial score (nSPS) is 13.9. The van der Waals surface area contributed by atoms with E-state index in [1.54, 1.807) is 11.8 Å². The average Bonchev–Trinajstić information content (AvgIpc) is 1.96. The molecule has 0 heterocycles. The van der Waals surface area contributed by atoms with E-state index in [0.717, 1.165) is 5.75 Å². The maximum absolute atomic E-state index is 11.3. The van der Waals surface area contributed by atoms with Gasteiger partial charge in [-0.15, -0.1) is 0 Å². The van der Waals surface area contributed by atoms with Crippen molar-refractivity contribution in [3.63, 3.8) is 0 Å². The van der Waals surface area contributed by atoms with E-state index in [1.807, 2.05) is 25.9 Å². The maximum Gasteiger partial charge on any atom is 0.309 e. The summed E-state index contributed by atoms with van der Waals surface area (Å²) in [5.74, 6) is 0.662. The molecule has 0 aliphatic carbocycles. The van der Waals surface area contributed by atoms with Crippen molar-refractivity contribution >= 4 is 26.0 Å². The van der Waals surface area contributed by atoms with E-state index in [2.05, 4.69) is 0 Å². The Morgan fingerprint density at radius 1 is 1.54 bits per heavy atom. The molecule has 0 unspecified atom stereocenters. The molecule has 0 spiro atoms. The number of hydrogen-bond acceptors (Lipinski definition) is 4. The SMILES string of the molecule is CSCC[C@H](N)C(=O)O[Si](C)(C)C. The van der Waals surface area contributed by atoms with Gasteiger partial charge in [-0.3, -0.25) is 4.79 Å². The molecular weight excluding hydrogens is 202 g/mol. The maximum atomic E-state index is 11.3. The predicted octanol–water partition coefficient (Wildman–Crippen LogP) is 1.44. The lowest BCUT2D eigenvalue weighted by atomic mass is 10.2. The minimum absolute atomic E-state index is 0.242. The second-order valence-corrected chi connectivity index (χ2v) is 9.34. The molecule has 78 valence electrons. The summed E-state index contributed by atoms with van der Waals surface area (Å²) < 4.78 is 5.26. The van der Waals surface area contributed by atoms with Crippen LogP contribution in [0.2, 0.25) is 19.6 Å². The van der Waals surface area contributed by atoms with Crippen LogP contribution in [0.25, 0.3) is 0 Å². The van der Waals surface area contributed by atoms with Gasteiger partial charge in [0, 0.05) is 0 Å². The van der Waals surface area contributed by atoms with E-state index in [4.69, 9.17) is 10.2 Å². The van der Waals surface area contributed by atoms with Crippen molar-refractivity contribution in [2.24, 2.45) is 5.73 Å². The number of nitrogens with two attached hydrogens (primary N) is 1. The molecule has 0 aromatic heterocycles. The first kappa shape index (κ1) is 13.0. The van der Waals surface area contributed by atoms with Crippen molar-refractivity contribution < 1.29 is 9.22 Å². The fourth-order valence-corrected chi connectivity index (χ4v) is 1.98. The van der Waals surface area contributed by atoms with E-state index in [9.17, 15) is 4.79 Å². The van der Waals surface area contributed by atoms with Crippen LogP contribution in [0.4, 0.5) is 0 Å². The Hall–Kier alpha value is -0.00312. The lowest BCUT2D eigenvalue weighted by Crippen LogP contribution is -2.39. The van der Waals surface area contributed by atoms with Crippen LogP contribution in [-0.4, -0.2) is 32.3 Å². The highest BCUT2D eigenvalue weighted by Crippen LogP contribution is 2.06. The minimum Gasteiger partial charge on any atom is -0.519 e. The van der Waals surface area contributed by atoms with Crippen molar-refractivity contribution in [2.45, 2.75) is 32.1 Å². The third-order valence-corrected chi connectivity index (χ3v) is 2.80. The lowest BCUT2D eigenvalue weighted by Gasteiger charge is -2.20. The first-order chi connectivity index (χ1) is 5.87. The van der Waals surface area contributed by atoms with E-state index < -0.39 is 14.4 Å². The second kappa shape index (κ2) is 5.67. The molecule has 0 saturated heterocycles. The summed E-state index contributed by atoms with van der Waals surface area (Å²) in [6, 6.07) is -0.445. The fourth-order valence-electron chi connectivity index (χ4n) is 0.740. The molecule has 0 saturated carbocycles. The number of carbonyl (C=O) groups excluding carboxylic acids is 1. The van der Waals surface area contributed by atoms with Crippen molar-refractivity contribution in [1.29, 1.82) is 0 Å². The van der Waals surface area contributed by atoms with Crippen molar-refractivity contribution in [2.75, 3.05) is 12.0 Å². The van der Waals surface area contributed by atoms with E-state index in [-0.39, 0.29) is 5.97 Å². The highest BCUT2D eigenvalue weighted by atomic mass is 32.2. The Bertz CT molecular complexity index is 170. The van der Waals surface area contributed by atoms with Crippen LogP contribution in [0.5, 0.6) is 0 Å². The monoisotopic (exact) mass is 221 g/mol. The van der Waals surface area contributed by atoms with E-state index >= 15 is 0 Å². The molecule has 0 aliphatic heterocycles. The Labute approximate surface area is 85.5 Å². The third-order valence-electron chi connectivity index (χ3n) is 1.34. The number of carbonyl (C=O) groups is 1. The molecule has 5 heteroatoms. The summed E-state index contributed by atoms with van der Waals surface area (Å²) in [5.41, 5.74) is 5.64. The molecule has 0 fully saturated rings. The molecule has 0 bridgehead atoms. The molecule has 0 rings (SSSR count). The molecule has 0 radical (unpaired) electrons. The van der Waals surface area contributed by atoms with Gasteiger partial charge in [0.05, 0.1) is 0 Å². The Kier molecular flexibility index (Phi) is 5.67. The highest BCUT2D eigenvalue weighted by Gasteiger charge is 2.23. The smallest absolute Gasteiger partial charge is 0.309 e. The molecule has 0 aliphatic rings. The zero-order valence-electron chi connectivity index (χ0n) is 8.79. The summed E-state index contributed by atoms with van der Waals surface area (Å²) >= 11 is 1.69.